The Morgan fingerprint density at radius 2 is 2.07 bits per heavy atom. The zero-order valence-electron chi connectivity index (χ0n) is 16.5. The number of benzene rings is 1. The van der Waals surface area contributed by atoms with Gasteiger partial charge in [-0.05, 0) is 70.6 Å². The summed E-state index contributed by atoms with van der Waals surface area (Å²) in [6, 6.07) is 5.92. The summed E-state index contributed by atoms with van der Waals surface area (Å²) in [5.74, 6) is 0.532. The number of aryl methyl sites for hydroxylation is 1. The first-order chi connectivity index (χ1) is 13.2. The standard InChI is InChI=1S/C21H26BrN3O3/c1-21(2,3)28-20(26)24-11-5-8-17(24)19-23-18-15-10-9-14(22)12-13(15)6-4-7-16(18)25(19)27/h9-10,12,17,27H,4-8,11H2,1-3H3. The van der Waals surface area contributed by atoms with Gasteiger partial charge in [-0.15, -0.1) is 0 Å². The summed E-state index contributed by atoms with van der Waals surface area (Å²) in [6.07, 6.45) is 3.94. The van der Waals surface area contributed by atoms with Crippen molar-refractivity contribution in [3.05, 3.63) is 39.8 Å². The van der Waals surface area contributed by atoms with Crippen molar-refractivity contribution in [1.29, 1.82) is 0 Å². The van der Waals surface area contributed by atoms with E-state index in [0.29, 0.717) is 12.4 Å². The summed E-state index contributed by atoms with van der Waals surface area (Å²) in [7, 11) is 0. The maximum Gasteiger partial charge on any atom is 0.410 e. The quantitative estimate of drug-likeness (QED) is 0.616. The third kappa shape index (κ3) is 3.52. The SMILES string of the molecule is CC(C)(C)OC(=O)N1CCCC1c1nc2c(n1O)CCCc1cc(Br)ccc1-2. The molecule has 0 saturated carbocycles. The number of imidazole rings is 1. The number of ether oxygens (including phenoxy) is 1. The van der Waals surface area contributed by atoms with Gasteiger partial charge in [-0.1, -0.05) is 22.0 Å². The molecule has 1 saturated heterocycles. The fourth-order valence-corrected chi connectivity index (χ4v) is 4.55. The van der Waals surface area contributed by atoms with Gasteiger partial charge >= 0.3 is 6.09 Å². The summed E-state index contributed by atoms with van der Waals surface area (Å²) >= 11 is 3.54. The first kappa shape index (κ1) is 19.3. The normalized spacial score (nSPS) is 19.1. The van der Waals surface area contributed by atoms with E-state index in [-0.39, 0.29) is 12.1 Å². The Morgan fingerprint density at radius 3 is 2.82 bits per heavy atom. The number of hydrogen-bond donors (Lipinski definition) is 1. The van der Waals surface area contributed by atoms with Crippen LogP contribution in [-0.2, 0) is 17.6 Å². The minimum atomic E-state index is -0.553. The Hall–Kier alpha value is -2.02. The molecule has 0 spiro atoms. The number of carbonyl (C=O) groups is 1. The van der Waals surface area contributed by atoms with Gasteiger partial charge in [0.25, 0.3) is 0 Å². The second-order valence-corrected chi connectivity index (χ2v) is 9.48. The molecule has 4 rings (SSSR count). The molecular weight excluding hydrogens is 422 g/mol. The fourth-order valence-electron chi connectivity index (χ4n) is 4.14. The Balaban J connectivity index is 1.72. The van der Waals surface area contributed by atoms with E-state index in [1.165, 1.54) is 10.3 Å². The van der Waals surface area contributed by atoms with Gasteiger partial charge in [-0.2, -0.15) is 4.73 Å². The number of carbonyl (C=O) groups excluding carboxylic acids is 1. The maximum atomic E-state index is 12.7. The van der Waals surface area contributed by atoms with E-state index in [1.807, 2.05) is 26.8 Å². The monoisotopic (exact) mass is 447 g/mol. The lowest BCUT2D eigenvalue weighted by Gasteiger charge is -2.28. The van der Waals surface area contributed by atoms with Crippen molar-refractivity contribution in [3.63, 3.8) is 0 Å². The van der Waals surface area contributed by atoms with Crippen LogP contribution in [0.2, 0.25) is 0 Å². The van der Waals surface area contributed by atoms with Crippen molar-refractivity contribution < 1.29 is 14.7 Å². The second kappa shape index (κ2) is 7.10. The molecule has 2 aromatic rings. The molecule has 1 aromatic heterocycles. The molecular formula is C21H26BrN3O3. The fraction of sp³-hybridized carbons (Fsp3) is 0.524. The van der Waals surface area contributed by atoms with Gasteiger partial charge in [0.1, 0.15) is 5.60 Å². The number of nitrogens with zero attached hydrogens (tertiary/aromatic N) is 3. The van der Waals surface area contributed by atoms with E-state index in [4.69, 9.17) is 9.72 Å². The molecule has 1 unspecified atom stereocenters. The highest BCUT2D eigenvalue weighted by atomic mass is 79.9. The molecule has 6 nitrogen and oxygen atoms in total. The van der Waals surface area contributed by atoms with E-state index in [9.17, 15) is 10.0 Å². The van der Waals surface area contributed by atoms with Gasteiger partial charge in [0.2, 0.25) is 0 Å². The predicted molar refractivity (Wildman–Crippen MR) is 109 cm³/mol. The van der Waals surface area contributed by atoms with Crippen molar-refractivity contribution in [2.75, 3.05) is 6.54 Å². The number of likely N-dealkylation sites (tertiary alicyclic amines) is 1. The molecule has 1 aliphatic heterocycles. The van der Waals surface area contributed by atoms with E-state index < -0.39 is 5.60 Å². The number of halogens is 1. The Morgan fingerprint density at radius 1 is 1.29 bits per heavy atom. The van der Waals surface area contributed by atoms with E-state index in [0.717, 1.165) is 53.5 Å². The van der Waals surface area contributed by atoms with Crippen LogP contribution in [0.15, 0.2) is 22.7 Å². The second-order valence-electron chi connectivity index (χ2n) is 8.56. The Labute approximate surface area is 173 Å². The van der Waals surface area contributed by atoms with Crippen LogP contribution in [-0.4, -0.2) is 38.1 Å². The van der Waals surface area contributed by atoms with Crippen LogP contribution in [0.1, 0.15) is 63.2 Å². The van der Waals surface area contributed by atoms with Crippen LogP contribution in [0, 0.1) is 0 Å². The summed E-state index contributed by atoms with van der Waals surface area (Å²) in [5.41, 5.74) is 3.39. The van der Waals surface area contributed by atoms with Crippen LogP contribution < -0.4 is 0 Å². The average Bonchev–Trinajstić information content (AvgIpc) is 3.15. The molecule has 28 heavy (non-hydrogen) atoms. The van der Waals surface area contributed by atoms with Crippen LogP contribution in [0.25, 0.3) is 11.3 Å². The number of aromatic nitrogens is 2. The average molecular weight is 448 g/mol. The summed E-state index contributed by atoms with van der Waals surface area (Å²) < 4.78 is 7.84. The van der Waals surface area contributed by atoms with Crippen LogP contribution in [0.4, 0.5) is 4.79 Å². The van der Waals surface area contributed by atoms with Gasteiger partial charge in [-0.3, -0.25) is 4.90 Å². The van der Waals surface area contributed by atoms with Crippen molar-refractivity contribution in [2.45, 2.75) is 64.5 Å². The first-order valence-corrected chi connectivity index (χ1v) is 10.6. The zero-order valence-corrected chi connectivity index (χ0v) is 18.1. The molecule has 0 bridgehead atoms. The van der Waals surface area contributed by atoms with Gasteiger partial charge < -0.3 is 9.94 Å². The molecule has 1 atom stereocenters. The van der Waals surface area contributed by atoms with Crippen molar-refractivity contribution in [1.82, 2.24) is 14.6 Å². The van der Waals surface area contributed by atoms with Crippen LogP contribution in [0.3, 0.4) is 0 Å². The lowest BCUT2D eigenvalue weighted by Crippen LogP contribution is -2.37. The molecule has 1 aliphatic carbocycles. The third-order valence-electron chi connectivity index (χ3n) is 5.33. The minimum Gasteiger partial charge on any atom is -0.444 e. The van der Waals surface area contributed by atoms with Gasteiger partial charge in [-0.25, -0.2) is 9.78 Å². The molecule has 0 radical (unpaired) electrons. The maximum absolute atomic E-state index is 12.7. The van der Waals surface area contributed by atoms with Crippen molar-refractivity contribution in [3.8, 4) is 11.3 Å². The summed E-state index contributed by atoms with van der Waals surface area (Å²) in [5, 5.41) is 10.9. The molecule has 1 N–H and O–H groups in total. The topological polar surface area (TPSA) is 67.6 Å². The van der Waals surface area contributed by atoms with Crippen molar-refractivity contribution in [2.24, 2.45) is 0 Å². The number of rotatable bonds is 1. The van der Waals surface area contributed by atoms with Crippen LogP contribution in [0.5, 0.6) is 0 Å². The van der Waals surface area contributed by atoms with E-state index >= 15 is 0 Å². The van der Waals surface area contributed by atoms with Gasteiger partial charge in [0.15, 0.2) is 5.82 Å². The van der Waals surface area contributed by atoms with Crippen LogP contribution >= 0.6 is 15.9 Å². The van der Waals surface area contributed by atoms with Gasteiger partial charge in [0.05, 0.1) is 17.4 Å². The molecule has 7 heteroatoms. The lowest BCUT2D eigenvalue weighted by molar-refractivity contribution is 0.0199. The predicted octanol–water partition coefficient (Wildman–Crippen LogP) is 5.11. The molecule has 150 valence electrons. The molecule has 2 heterocycles. The van der Waals surface area contributed by atoms with Crippen molar-refractivity contribution >= 4 is 22.0 Å². The number of hydrogen-bond acceptors (Lipinski definition) is 4. The smallest absolute Gasteiger partial charge is 0.410 e. The third-order valence-corrected chi connectivity index (χ3v) is 5.83. The minimum absolute atomic E-state index is 0.273. The summed E-state index contributed by atoms with van der Waals surface area (Å²) in [4.78, 5) is 19.2. The van der Waals surface area contributed by atoms with Gasteiger partial charge in [0, 0.05) is 16.6 Å². The molecule has 1 fully saturated rings. The molecule has 1 aromatic carbocycles. The Kier molecular flexibility index (Phi) is 4.89. The first-order valence-electron chi connectivity index (χ1n) is 9.84. The lowest BCUT2D eigenvalue weighted by atomic mass is 10.0. The highest BCUT2D eigenvalue weighted by molar-refractivity contribution is 9.10. The molecule has 2 aliphatic rings. The number of fused-ring (bicyclic) bond motifs is 3. The highest BCUT2D eigenvalue weighted by Crippen LogP contribution is 2.38. The number of amides is 1. The van der Waals surface area contributed by atoms with E-state index in [2.05, 4.69) is 28.1 Å². The largest absolute Gasteiger partial charge is 0.444 e. The summed E-state index contributed by atoms with van der Waals surface area (Å²) in [6.45, 7) is 6.20. The highest BCUT2D eigenvalue weighted by Gasteiger charge is 2.37. The Bertz CT molecular complexity index is 916. The van der Waals surface area contributed by atoms with E-state index in [1.54, 1.807) is 4.90 Å². The molecule has 1 amide bonds. The zero-order chi connectivity index (χ0) is 20.1.